The van der Waals surface area contributed by atoms with Gasteiger partial charge in [-0.2, -0.15) is 0 Å². The van der Waals surface area contributed by atoms with Crippen molar-refractivity contribution in [2.45, 2.75) is 26.7 Å². The van der Waals surface area contributed by atoms with Crippen LogP contribution in [0.3, 0.4) is 0 Å². The number of hydrogen-bond donors (Lipinski definition) is 0. The highest BCUT2D eigenvalue weighted by atomic mass is 16.5. The van der Waals surface area contributed by atoms with Crippen LogP contribution >= 0.6 is 0 Å². The van der Waals surface area contributed by atoms with Crippen molar-refractivity contribution in [2.75, 3.05) is 13.2 Å². The molecule has 0 saturated heterocycles. The number of hydrogen-bond acceptors (Lipinski definition) is 4. The zero-order valence-corrected chi connectivity index (χ0v) is 21.0. The average Bonchev–Trinajstić information content (AvgIpc) is 2.88. The molecule has 0 aliphatic rings. The van der Waals surface area contributed by atoms with Gasteiger partial charge in [-0.3, -0.25) is 0 Å². The molecule has 0 bridgehead atoms. The van der Waals surface area contributed by atoms with E-state index in [9.17, 15) is 9.59 Å². The van der Waals surface area contributed by atoms with Crippen LogP contribution in [0.15, 0.2) is 97.1 Å². The second-order valence-corrected chi connectivity index (χ2v) is 8.73. The van der Waals surface area contributed by atoms with Gasteiger partial charge in [-0.25, -0.2) is 9.59 Å². The Balaban J connectivity index is 1.50. The van der Waals surface area contributed by atoms with Crippen molar-refractivity contribution >= 4 is 24.1 Å². The monoisotopic (exact) mass is 480 g/mol. The first-order valence-corrected chi connectivity index (χ1v) is 11.9. The molecule has 0 aromatic heterocycles. The van der Waals surface area contributed by atoms with Crippen LogP contribution in [0.25, 0.3) is 23.3 Å². The number of carbonyl (C=O) groups excluding carboxylic acids is 2. The van der Waals surface area contributed by atoms with Crippen LogP contribution in [0.5, 0.6) is 0 Å². The van der Waals surface area contributed by atoms with Crippen LogP contribution in [0.4, 0.5) is 0 Å². The molecule has 0 N–H and O–H groups in total. The molecule has 0 atom stereocenters. The maximum Gasteiger partial charge on any atom is 0.333 e. The van der Waals surface area contributed by atoms with E-state index in [1.807, 2.05) is 12.1 Å². The van der Waals surface area contributed by atoms with Gasteiger partial charge in [-0.15, -0.1) is 0 Å². The largest absolute Gasteiger partial charge is 0.462 e. The highest BCUT2D eigenvalue weighted by Crippen LogP contribution is 2.21. The minimum atomic E-state index is -0.351. The summed E-state index contributed by atoms with van der Waals surface area (Å²) in [6.07, 6.45) is 5.51. The molecule has 4 nitrogen and oxygen atoms in total. The summed E-state index contributed by atoms with van der Waals surface area (Å²) >= 11 is 0. The van der Waals surface area contributed by atoms with Crippen LogP contribution < -0.4 is 0 Å². The maximum atomic E-state index is 11.5. The zero-order valence-electron chi connectivity index (χ0n) is 21.0. The van der Waals surface area contributed by atoms with Crippen molar-refractivity contribution in [3.05, 3.63) is 119 Å². The quantitative estimate of drug-likeness (QED) is 0.171. The van der Waals surface area contributed by atoms with Gasteiger partial charge in [0.15, 0.2) is 0 Å². The summed E-state index contributed by atoms with van der Waals surface area (Å²) in [5.41, 5.74) is 7.56. The Kier molecular flexibility index (Phi) is 9.58. The highest BCUT2D eigenvalue weighted by molar-refractivity contribution is 5.87. The van der Waals surface area contributed by atoms with Crippen LogP contribution in [0.1, 0.15) is 36.1 Å². The molecule has 0 heterocycles. The Morgan fingerprint density at radius 1 is 0.611 bits per heavy atom. The van der Waals surface area contributed by atoms with Gasteiger partial charge in [0.05, 0.1) is 13.2 Å². The molecule has 0 fully saturated rings. The summed E-state index contributed by atoms with van der Waals surface area (Å²) < 4.78 is 10.3. The predicted molar refractivity (Wildman–Crippen MR) is 146 cm³/mol. The van der Waals surface area contributed by atoms with Crippen molar-refractivity contribution in [1.82, 2.24) is 0 Å². The fraction of sp³-hybridized carbons (Fsp3) is 0.188. The molecule has 3 aromatic carbocycles. The van der Waals surface area contributed by atoms with Crippen molar-refractivity contribution in [1.29, 1.82) is 0 Å². The van der Waals surface area contributed by atoms with E-state index in [1.54, 1.807) is 13.8 Å². The number of rotatable bonds is 11. The summed E-state index contributed by atoms with van der Waals surface area (Å²) in [5, 5.41) is 0. The standard InChI is InChI=1S/C32H32O4/c1-23(2)31(33)35-21-19-27-9-7-25(8-10-27)5-6-26-11-15-29(16-12-26)30-17-13-28(14-18-30)20-22-36-32(34)24(3)4/h5-18H,1,3,19-22H2,2,4H3/b6-5-. The van der Waals surface area contributed by atoms with E-state index in [4.69, 9.17) is 9.47 Å². The molecule has 184 valence electrons. The molecule has 3 aromatic rings. The lowest BCUT2D eigenvalue weighted by Gasteiger charge is -2.07. The first kappa shape index (κ1) is 26.4. The minimum Gasteiger partial charge on any atom is -0.462 e. The van der Waals surface area contributed by atoms with Crippen molar-refractivity contribution in [2.24, 2.45) is 0 Å². The number of esters is 2. The van der Waals surface area contributed by atoms with E-state index in [0.29, 0.717) is 37.2 Å². The topological polar surface area (TPSA) is 52.6 Å². The van der Waals surface area contributed by atoms with Gasteiger partial charge in [0.1, 0.15) is 0 Å². The summed E-state index contributed by atoms with van der Waals surface area (Å²) in [6, 6.07) is 24.9. The summed E-state index contributed by atoms with van der Waals surface area (Å²) in [7, 11) is 0. The van der Waals surface area contributed by atoms with Crippen LogP contribution in [0, 0.1) is 0 Å². The number of ether oxygens (including phenoxy) is 2. The average molecular weight is 481 g/mol. The van der Waals surface area contributed by atoms with Gasteiger partial charge in [0.2, 0.25) is 0 Å². The lowest BCUT2D eigenvalue weighted by molar-refractivity contribution is -0.139. The van der Waals surface area contributed by atoms with Gasteiger partial charge in [0.25, 0.3) is 0 Å². The molecular formula is C32H32O4. The summed E-state index contributed by atoms with van der Waals surface area (Å²) in [5.74, 6) is -0.701. The van der Waals surface area contributed by atoms with Crippen LogP contribution in [0.2, 0.25) is 0 Å². The number of benzene rings is 3. The second kappa shape index (κ2) is 13.1. The van der Waals surface area contributed by atoms with Crippen LogP contribution in [-0.2, 0) is 31.9 Å². The third-order valence-electron chi connectivity index (χ3n) is 5.59. The second-order valence-electron chi connectivity index (χ2n) is 8.73. The molecule has 4 heteroatoms. The fourth-order valence-corrected chi connectivity index (χ4v) is 3.41. The Labute approximate surface area is 213 Å². The van der Waals surface area contributed by atoms with Gasteiger partial charge in [-0.05, 0) is 47.2 Å². The molecule has 0 aliphatic heterocycles. The van der Waals surface area contributed by atoms with E-state index < -0.39 is 0 Å². The molecule has 0 saturated carbocycles. The van der Waals surface area contributed by atoms with Gasteiger partial charge in [-0.1, -0.05) is 98.1 Å². The van der Waals surface area contributed by atoms with Crippen LogP contribution in [-0.4, -0.2) is 25.2 Å². The maximum absolute atomic E-state index is 11.5. The lowest BCUT2D eigenvalue weighted by atomic mass is 10.0. The molecule has 36 heavy (non-hydrogen) atoms. The third kappa shape index (κ3) is 8.24. The van der Waals surface area contributed by atoms with E-state index in [2.05, 4.69) is 86.0 Å². The van der Waals surface area contributed by atoms with Crippen molar-refractivity contribution in [3.63, 3.8) is 0 Å². The normalized spacial score (nSPS) is 10.7. The number of carbonyl (C=O) groups is 2. The SMILES string of the molecule is C=C(C)C(=O)OCCc1ccc(/C=C\c2ccc(-c3ccc(CCOC(=O)C(=C)C)cc3)cc2)cc1. The first-order chi connectivity index (χ1) is 17.3. The Bertz CT molecular complexity index is 1230. The van der Waals surface area contributed by atoms with Gasteiger partial charge in [0, 0.05) is 24.0 Å². The lowest BCUT2D eigenvalue weighted by Crippen LogP contribution is -2.07. The van der Waals surface area contributed by atoms with E-state index >= 15 is 0 Å². The Morgan fingerprint density at radius 3 is 1.33 bits per heavy atom. The molecule has 0 unspecified atom stereocenters. The molecule has 0 radical (unpaired) electrons. The molecule has 0 spiro atoms. The van der Waals surface area contributed by atoms with Crippen molar-refractivity contribution in [3.8, 4) is 11.1 Å². The molecular weight excluding hydrogens is 448 g/mol. The van der Waals surface area contributed by atoms with Crippen molar-refractivity contribution < 1.29 is 19.1 Å². The summed E-state index contributed by atoms with van der Waals surface area (Å²) in [4.78, 5) is 22.9. The van der Waals surface area contributed by atoms with Gasteiger partial charge < -0.3 is 9.47 Å². The smallest absolute Gasteiger partial charge is 0.333 e. The molecule has 0 aliphatic carbocycles. The Hall–Kier alpha value is -4.18. The fourth-order valence-electron chi connectivity index (χ4n) is 3.41. The summed E-state index contributed by atoms with van der Waals surface area (Å²) in [6.45, 7) is 11.2. The van der Waals surface area contributed by atoms with E-state index in [1.165, 1.54) is 0 Å². The highest BCUT2D eigenvalue weighted by Gasteiger charge is 2.04. The zero-order chi connectivity index (χ0) is 25.9. The molecule has 0 amide bonds. The third-order valence-corrected chi connectivity index (χ3v) is 5.59. The minimum absolute atomic E-state index is 0.347. The molecule has 3 rings (SSSR count). The predicted octanol–water partition coefficient (Wildman–Crippen LogP) is 6.85. The van der Waals surface area contributed by atoms with Gasteiger partial charge >= 0.3 is 11.9 Å². The Morgan fingerprint density at radius 2 is 0.944 bits per heavy atom. The van der Waals surface area contributed by atoms with E-state index in [-0.39, 0.29) is 11.9 Å². The first-order valence-electron chi connectivity index (χ1n) is 11.9. The van der Waals surface area contributed by atoms with E-state index in [0.717, 1.165) is 33.4 Å².